The highest BCUT2D eigenvalue weighted by atomic mass is 19.1. The van der Waals surface area contributed by atoms with Crippen molar-refractivity contribution in [3.63, 3.8) is 0 Å². The fraction of sp³-hybridized carbons (Fsp3) is 0.269. The molecule has 4 rings (SSSR count). The van der Waals surface area contributed by atoms with E-state index >= 15 is 0 Å². The Bertz CT molecular complexity index is 1140. The van der Waals surface area contributed by atoms with E-state index in [-0.39, 0.29) is 23.3 Å². The molecule has 0 saturated heterocycles. The molecule has 2 amide bonds. The Hall–Kier alpha value is -3.72. The van der Waals surface area contributed by atoms with Gasteiger partial charge in [-0.1, -0.05) is 37.1 Å². The normalized spacial score (nSPS) is 18.4. The van der Waals surface area contributed by atoms with Crippen molar-refractivity contribution in [3.05, 3.63) is 82.2 Å². The largest absolute Gasteiger partial charge is 0.489 e. The Morgan fingerprint density at radius 2 is 1.72 bits per heavy atom. The van der Waals surface area contributed by atoms with Gasteiger partial charge in [-0.15, -0.1) is 0 Å². The molecule has 1 aliphatic heterocycles. The van der Waals surface area contributed by atoms with Gasteiger partial charge in [0.2, 0.25) is 0 Å². The van der Waals surface area contributed by atoms with Crippen molar-refractivity contribution in [2.75, 3.05) is 0 Å². The highest BCUT2D eigenvalue weighted by molar-refractivity contribution is 6.19. The summed E-state index contributed by atoms with van der Waals surface area (Å²) in [4.78, 5) is 27.2. The molecule has 2 aromatic rings. The van der Waals surface area contributed by atoms with E-state index < -0.39 is 5.91 Å². The third-order valence-electron chi connectivity index (χ3n) is 5.97. The monoisotopic (exact) mass is 430 g/mol. The second-order valence-electron chi connectivity index (χ2n) is 8.07. The van der Waals surface area contributed by atoms with Crippen molar-refractivity contribution in [1.82, 2.24) is 4.90 Å². The number of imide groups is 1. The minimum absolute atomic E-state index is 0.0296. The minimum Gasteiger partial charge on any atom is -0.489 e. The standard InChI is InChI=1S/C26H23FN2O3/c1-17-23(25(30)29(21-4-2-3-5-21)26(31)24(17)15-28)14-18-8-12-22(13-9-18)32-16-19-6-10-20(27)11-7-19/h6-14,21H,2-5,16H2,1H3/b23-14+. The van der Waals surface area contributed by atoms with Crippen LogP contribution < -0.4 is 4.74 Å². The average Bonchev–Trinajstić information content (AvgIpc) is 3.32. The molecule has 1 fully saturated rings. The van der Waals surface area contributed by atoms with Crippen LogP contribution in [0.1, 0.15) is 43.7 Å². The highest BCUT2D eigenvalue weighted by Crippen LogP contribution is 2.33. The molecule has 1 heterocycles. The second kappa shape index (κ2) is 9.19. The van der Waals surface area contributed by atoms with Gasteiger partial charge in [-0.05, 0) is 66.8 Å². The average molecular weight is 430 g/mol. The van der Waals surface area contributed by atoms with Crippen LogP contribution >= 0.6 is 0 Å². The first kappa shape index (κ1) is 21.5. The van der Waals surface area contributed by atoms with Crippen LogP contribution in [0.25, 0.3) is 6.08 Å². The summed E-state index contributed by atoms with van der Waals surface area (Å²) < 4.78 is 18.7. The van der Waals surface area contributed by atoms with Crippen molar-refractivity contribution in [2.24, 2.45) is 0 Å². The number of carbonyl (C=O) groups is 2. The lowest BCUT2D eigenvalue weighted by Gasteiger charge is -2.32. The molecule has 5 nitrogen and oxygen atoms in total. The predicted octanol–water partition coefficient (Wildman–Crippen LogP) is 4.94. The van der Waals surface area contributed by atoms with Gasteiger partial charge in [0.05, 0.1) is 0 Å². The van der Waals surface area contributed by atoms with E-state index in [1.54, 1.807) is 37.3 Å². The fourth-order valence-electron chi connectivity index (χ4n) is 4.17. The molecule has 0 bridgehead atoms. The summed E-state index contributed by atoms with van der Waals surface area (Å²) >= 11 is 0. The van der Waals surface area contributed by atoms with Crippen molar-refractivity contribution in [3.8, 4) is 11.8 Å². The Balaban J connectivity index is 1.55. The molecule has 0 spiro atoms. The number of halogens is 1. The third kappa shape index (κ3) is 4.33. The maximum absolute atomic E-state index is 13.2. The van der Waals surface area contributed by atoms with Gasteiger partial charge in [0, 0.05) is 11.6 Å². The Kier molecular flexibility index (Phi) is 6.18. The number of ether oxygens (including phenoxy) is 1. The lowest BCUT2D eigenvalue weighted by Crippen LogP contribution is -2.47. The number of hydrogen-bond donors (Lipinski definition) is 0. The van der Waals surface area contributed by atoms with Crippen LogP contribution in [0, 0.1) is 17.1 Å². The summed E-state index contributed by atoms with van der Waals surface area (Å²) in [5.41, 5.74) is 2.43. The van der Waals surface area contributed by atoms with E-state index in [9.17, 15) is 19.2 Å². The first-order valence-corrected chi connectivity index (χ1v) is 10.7. The van der Waals surface area contributed by atoms with Gasteiger partial charge in [-0.3, -0.25) is 14.5 Å². The molecule has 2 aromatic carbocycles. The van der Waals surface area contributed by atoms with Crippen molar-refractivity contribution in [2.45, 2.75) is 45.3 Å². The number of nitrogens with zero attached hydrogens (tertiary/aromatic N) is 2. The highest BCUT2D eigenvalue weighted by Gasteiger charge is 2.40. The second-order valence-corrected chi connectivity index (χ2v) is 8.07. The van der Waals surface area contributed by atoms with E-state index in [0.717, 1.165) is 36.8 Å². The first-order chi connectivity index (χ1) is 15.5. The lowest BCUT2D eigenvalue weighted by molar-refractivity contribution is -0.143. The first-order valence-electron chi connectivity index (χ1n) is 10.7. The molecule has 0 N–H and O–H groups in total. The van der Waals surface area contributed by atoms with Gasteiger partial charge < -0.3 is 4.74 Å². The fourth-order valence-corrected chi connectivity index (χ4v) is 4.17. The molecule has 0 radical (unpaired) electrons. The molecule has 6 heteroatoms. The van der Waals surface area contributed by atoms with Crippen molar-refractivity contribution < 1.29 is 18.7 Å². The summed E-state index contributed by atoms with van der Waals surface area (Å²) in [5, 5.41) is 9.54. The molecule has 2 aliphatic rings. The SMILES string of the molecule is CC1=C(C#N)C(=O)N(C2CCCC2)C(=O)/C1=C/c1ccc(OCc2ccc(F)cc2)cc1. The zero-order chi connectivity index (χ0) is 22.7. The molecule has 0 aromatic heterocycles. The van der Waals surface area contributed by atoms with Gasteiger partial charge in [-0.25, -0.2) is 4.39 Å². The van der Waals surface area contributed by atoms with Crippen LogP contribution in [0.5, 0.6) is 5.75 Å². The predicted molar refractivity (Wildman–Crippen MR) is 118 cm³/mol. The van der Waals surface area contributed by atoms with Gasteiger partial charge >= 0.3 is 0 Å². The van der Waals surface area contributed by atoms with Gasteiger partial charge in [0.15, 0.2) is 0 Å². The minimum atomic E-state index is -0.483. The number of amides is 2. The van der Waals surface area contributed by atoms with Gasteiger partial charge in [0.25, 0.3) is 11.8 Å². The van der Waals surface area contributed by atoms with E-state index in [2.05, 4.69) is 0 Å². The number of carbonyl (C=O) groups excluding carboxylic acids is 2. The number of hydrogen-bond acceptors (Lipinski definition) is 4. The molecule has 1 aliphatic carbocycles. The molecular formula is C26H23FN2O3. The van der Waals surface area contributed by atoms with Crippen LogP contribution in [-0.4, -0.2) is 22.8 Å². The molecule has 0 atom stereocenters. The number of nitriles is 1. The zero-order valence-electron chi connectivity index (χ0n) is 17.8. The van der Waals surface area contributed by atoms with E-state index in [1.165, 1.54) is 17.0 Å². The lowest BCUT2D eigenvalue weighted by atomic mass is 9.92. The Labute approximate surface area is 186 Å². The van der Waals surface area contributed by atoms with Gasteiger partial charge in [-0.2, -0.15) is 5.26 Å². The van der Waals surface area contributed by atoms with E-state index in [0.29, 0.717) is 23.5 Å². The maximum Gasteiger partial charge on any atom is 0.271 e. The maximum atomic E-state index is 13.2. The summed E-state index contributed by atoms with van der Waals surface area (Å²) in [5.74, 6) is -0.474. The van der Waals surface area contributed by atoms with E-state index in [1.807, 2.05) is 18.2 Å². The molecule has 1 saturated carbocycles. The van der Waals surface area contributed by atoms with Crippen molar-refractivity contribution >= 4 is 17.9 Å². The van der Waals surface area contributed by atoms with Crippen LogP contribution in [0.3, 0.4) is 0 Å². The smallest absolute Gasteiger partial charge is 0.271 e. The summed E-state index contributed by atoms with van der Waals surface area (Å²) in [6, 6.07) is 15.2. The summed E-state index contributed by atoms with van der Waals surface area (Å²) in [6.07, 6.45) is 5.23. The number of rotatable bonds is 5. The molecule has 162 valence electrons. The topological polar surface area (TPSA) is 70.4 Å². The Morgan fingerprint density at radius 1 is 1.06 bits per heavy atom. The summed E-state index contributed by atoms with van der Waals surface area (Å²) in [7, 11) is 0. The van der Waals surface area contributed by atoms with Crippen LogP contribution in [0.4, 0.5) is 4.39 Å². The van der Waals surface area contributed by atoms with E-state index in [4.69, 9.17) is 4.74 Å². The molecule has 32 heavy (non-hydrogen) atoms. The van der Waals surface area contributed by atoms with Crippen LogP contribution in [0.2, 0.25) is 0 Å². The molecular weight excluding hydrogens is 407 g/mol. The van der Waals surface area contributed by atoms with Crippen LogP contribution in [0.15, 0.2) is 65.3 Å². The quantitative estimate of drug-likeness (QED) is 0.498. The van der Waals surface area contributed by atoms with Crippen LogP contribution in [-0.2, 0) is 16.2 Å². The van der Waals surface area contributed by atoms with Gasteiger partial charge in [0.1, 0.15) is 29.8 Å². The zero-order valence-corrected chi connectivity index (χ0v) is 17.8. The number of benzene rings is 2. The third-order valence-corrected chi connectivity index (χ3v) is 5.97. The summed E-state index contributed by atoms with van der Waals surface area (Å²) in [6.45, 7) is 1.96. The van der Waals surface area contributed by atoms with Crippen molar-refractivity contribution in [1.29, 1.82) is 5.26 Å². The molecule has 0 unspecified atom stereocenters. The Morgan fingerprint density at radius 3 is 2.34 bits per heavy atom.